The quantitative estimate of drug-likeness (QED) is 0.00948. The van der Waals surface area contributed by atoms with Gasteiger partial charge in [-0.15, -0.1) is 11.8 Å². The summed E-state index contributed by atoms with van der Waals surface area (Å²) in [5.41, 5.74) is 4.68. The minimum atomic E-state index is -1.89. The van der Waals surface area contributed by atoms with Gasteiger partial charge in [-0.3, -0.25) is 57.5 Å². The molecule has 13 N–H and O–H groups in total. The number of nitrogens with one attached hydrogen (secondary N) is 5. The molecule has 0 aromatic heterocycles. The van der Waals surface area contributed by atoms with Crippen molar-refractivity contribution in [1.82, 2.24) is 26.6 Å². The number of fused-ring (bicyclic) bond motifs is 2. The number of aliphatic carboxylic acids is 4. The lowest BCUT2D eigenvalue weighted by molar-refractivity contribution is -0.144. The molecule has 2 aliphatic heterocycles. The molecular weight excluding hydrogens is 1390 g/mol. The predicted octanol–water partition coefficient (Wildman–Crippen LogP) is 5.69. The van der Waals surface area contributed by atoms with E-state index in [1.807, 2.05) is 0 Å². The number of amides is 5. The number of phenolic OH excluding ortho intramolecular Hbond substituents is 1. The number of nitrogens with two attached hydrogens (primary N) is 1. The van der Waals surface area contributed by atoms with Crippen LogP contribution in [0.5, 0.6) is 5.75 Å². The van der Waals surface area contributed by atoms with Gasteiger partial charge in [-0.2, -0.15) is 0 Å². The van der Waals surface area contributed by atoms with Crippen molar-refractivity contribution < 1.29 is 106 Å². The molecule has 7 rings (SSSR count). The van der Waals surface area contributed by atoms with Crippen LogP contribution in [-0.2, 0) is 70.4 Å². The SMILES string of the molecule is N[C@@H](CNC(=O)[C@@H](CC(=O)[C@H](Cc1ccccc1)NC(=O)CCCCC(=O)CC[C@H](NC(=S)NCCCCCC(=O)O)C(=O)O)Cc1ccccc1)C(=O)N[C@@H](CC(=O)O)C(=O)C[C@@H](CSC1CC(=O)N(c2ccc(-c3c4cc(F)c(=O)cc-4oc4cc(O)c(F)cc34)c(C(=O)O)c2)C1=O)C(=O)O. The number of anilines is 1. The molecule has 1 fully saturated rings. The third-order valence-electron chi connectivity index (χ3n) is 16.8. The number of nitrogens with zero attached hydrogens (tertiary/aromatic N) is 1. The molecule has 0 spiro atoms. The van der Waals surface area contributed by atoms with Crippen LogP contribution in [0.25, 0.3) is 33.4 Å². The first-order valence-corrected chi connectivity index (χ1v) is 34.1. The van der Waals surface area contributed by atoms with Crippen molar-refractivity contribution in [1.29, 1.82) is 0 Å². The van der Waals surface area contributed by atoms with Crippen molar-refractivity contribution in [3.63, 3.8) is 0 Å². The highest BCUT2D eigenvalue weighted by atomic mass is 32.2. The second-order valence-corrected chi connectivity index (χ2v) is 26.2. The minimum absolute atomic E-state index is 0.0167. The van der Waals surface area contributed by atoms with E-state index in [-0.39, 0.29) is 108 Å². The molecule has 3 aliphatic rings. The van der Waals surface area contributed by atoms with Gasteiger partial charge in [0.15, 0.2) is 34.1 Å². The molecule has 7 atom stereocenters. The first-order valence-electron chi connectivity index (χ1n) is 32.6. The molecule has 5 amide bonds. The van der Waals surface area contributed by atoms with E-state index in [0.29, 0.717) is 53.6 Å². The fourth-order valence-corrected chi connectivity index (χ4v) is 12.9. The Morgan fingerprint density at radius 1 is 0.631 bits per heavy atom. The summed E-state index contributed by atoms with van der Waals surface area (Å²) in [5.74, 6) is -20.1. The number of phenols is 1. The van der Waals surface area contributed by atoms with E-state index in [1.54, 1.807) is 60.7 Å². The Hall–Kier alpha value is -10.9. The average molecular weight is 1460 g/mol. The number of carbonyl (C=O) groups excluding carboxylic acids is 8. The van der Waals surface area contributed by atoms with Crippen molar-refractivity contribution in [3.05, 3.63) is 142 Å². The van der Waals surface area contributed by atoms with Gasteiger partial charge in [0.05, 0.1) is 40.9 Å². The van der Waals surface area contributed by atoms with E-state index in [4.69, 9.17) is 27.5 Å². The number of thioether (sulfide) groups is 1. The van der Waals surface area contributed by atoms with Gasteiger partial charge in [0.2, 0.25) is 35.0 Å². The van der Waals surface area contributed by atoms with E-state index < -0.39 is 179 Å². The summed E-state index contributed by atoms with van der Waals surface area (Å²) in [5, 5.41) is 70.8. The molecule has 32 heteroatoms. The Morgan fingerprint density at radius 3 is 1.93 bits per heavy atom. The number of carboxylic acid groups (broad SMARTS) is 5. The van der Waals surface area contributed by atoms with Crippen LogP contribution >= 0.6 is 24.0 Å². The number of imide groups is 1. The number of Topliss-reactive ketones (excluding diaryl/α,β-unsaturated/α-hetero) is 3. The molecule has 0 bridgehead atoms. The molecule has 1 aliphatic carbocycles. The number of ketones is 3. The van der Waals surface area contributed by atoms with E-state index in [1.165, 1.54) is 0 Å². The highest BCUT2D eigenvalue weighted by molar-refractivity contribution is 8.00. The van der Waals surface area contributed by atoms with Gasteiger partial charge in [0, 0.05) is 98.4 Å². The molecule has 2 heterocycles. The molecule has 0 saturated carbocycles. The number of benzene rings is 5. The Labute approximate surface area is 595 Å². The number of aromatic hydroxyl groups is 1. The number of hydrogen-bond donors (Lipinski definition) is 12. The van der Waals surface area contributed by atoms with Crippen LogP contribution < -0.4 is 42.6 Å². The fraction of sp³-hybridized carbons (Fsp3) is 0.366. The molecular formula is C71H75F2N7O21S2. The summed E-state index contributed by atoms with van der Waals surface area (Å²) >= 11 is 5.83. The van der Waals surface area contributed by atoms with Crippen molar-refractivity contribution in [3.8, 4) is 28.2 Å². The maximum atomic E-state index is 14.9. The molecule has 1 unspecified atom stereocenters. The maximum Gasteiger partial charge on any atom is 0.336 e. The monoisotopic (exact) mass is 1460 g/mol. The fourth-order valence-electron chi connectivity index (χ4n) is 11.4. The first kappa shape index (κ1) is 79.5. The summed E-state index contributed by atoms with van der Waals surface area (Å²) in [6.07, 6.45) is -1.04. The molecule has 546 valence electrons. The molecule has 0 radical (unpaired) electrons. The highest BCUT2D eigenvalue weighted by Crippen LogP contribution is 2.44. The number of unbranched alkanes of at least 4 members (excludes halogenated alkanes) is 3. The summed E-state index contributed by atoms with van der Waals surface area (Å²) in [6.45, 7) is -0.247. The molecule has 28 nitrogen and oxygen atoms in total. The Balaban J connectivity index is 0.938. The number of carbonyl (C=O) groups is 13. The topological polar surface area (TPSA) is 463 Å². The van der Waals surface area contributed by atoms with Gasteiger partial charge >= 0.3 is 29.8 Å². The third-order valence-corrected chi connectivity index (χ3v) is 18.5. The van der Waals surface area contributed by atoms with Crippen LogP contribution in [0.15, 0.2) is 112 Å². The Bertz CT molecular complexity index is 4240. The van der Waals surface area contributed by atoms with Crippen LogP contribution in [0, 0.1) is 23.5 Å². The number of aromatic carboxylic acids is 1. The predicted molar refractivity (Wildman–Crippen MR) is 372 cm³/mol. The van der Waals surface area contributed by atoms with Crippen molar-refractivity contribution in [2.24, 2.45) is 17.6 Å². The van der Waals surface area contributed by atoms with Gasteiger partial charge < -0.3 is 67.4 Å². The maximum absolute atomic E-state index is 14.9. The first-order chi connectivity index (χ1) is 49.0. The van der Waals surface area contributed by atoms with Crippen molar-refractivity contribution >= 4 is 122 Å². The highest BCUT2D eigenvalue weighted by Gasteiger charge is 2.42. The van der Waals surface area contributed by atoms with Gasteiger partial charge in [-0.25, -0.2) is 23.3 Å². The second-order valence-electron chi connectivity index (χ2n) is 24.5. The lowest BCUT2D eigenvalue weighted by Gasteiger charge is -2.23. The Morgan fingerprint density at radius 2 is 1.28 bits per heavy atom. The lowest BCUT2D eigenvalue weighted by Crippen LogP contribution is -2.53. The Kier molecular flexibility index (Phi) is 29.1. The summed E-state index contributed by atoms with van der Waals surface area (Å²) < 4.78 is 35.3. The number of halogens is 2. The largest absolute Gasteiger partial charge is 0.505 e. The summed E-state index contributed by atoms with van der Waals surface area (Å²) in [6, 6.07) is 17.7. The smallest absolute Gasteiger partial charge is 0.336 e. The van der Waals surface area contributed by atoms with Gasteiger partial charge in [0.1, 0.15) is 29.2 Å². The van der Waals surface area contributed by atoms with Crippen LogP contribution in [0.3, 0.4) is 0 Å². The number of rotatable bonds is 41. The third kappa shape index (κ3) is 23.1. The normalized spacial score (nSPS) is 14.5. The molecule has 4 aromatic rings. The van der Waals surface area contributed by atoms with Gasteiger partial charge in [-0.05, 0) is 98.1 Å². The van der Waals surface area contributed by atoms with E-state index >= 15 is 0 Å². The summed E-state index contributed by atoms with van der Waals surface area (Å²) in [4.78, 5) is 183. The molecule has 1 saturated heterocycles. The summed E-state index contributed by atoms with van der Waals surface area (Å²) in [7, 11) is 0. The lowest BCUT2D eigenvalue weighted by atomic mass is 9.89. The van der Waals surface area contributed by atoms with Crippen LogP contribution in [0.1, 0.15) is 111 Å². The number of carboxylic acids is 5. The zero-order valence-corrected chi connectivity index (χ0v) is 56.8. The zero-order chi connectivity index (χ0) is 75.2. The average Bonchev–Trinajstić information content (AvgIpc) is 1.08. The van der Waals surface area contributed by atoms with Gasteiger partial charge in [-0.1, -0.05) is 73.2 Å². The van der Waals surface area contributed by atoms with E-state index in [9.17, 15) is 101 Å². The second kappa shape index (κ2) is 37.7. The zero-order valence-electron chi connectivity index (χ0n) is 55.2. The minimum Gasteiger partial charge on any atom is -0.505 e. The van der Waals surface area contributed by atoms with Crippen molar-refractivity contribution in [2.75, 3.05) is 23.7 Å². The van der Waals surface area contributed by atoms with Crippen molar-refractivity contribution in [2.45, 2.75) is 132 Å². The van der Waals surface area contributed by atoms with Crippen LogP contribution in [0.4, 0.5) is 14.5 Å². The van der Waals surface area contributed by atoms with Crippen LogP contribution in [0.2, 0.25) is 0 Å². The van der Waals surface area contributed by atoms with Gasteiger partial charge in [0.25, 0.3) is 0 Å². The standard InChI is InChI=1S/C71H75F2N7O21S2/c72-47-29-45-57(32-53(47)82)101-58-33-54(83)48(73)30-46(58)64(45)43-21-19-41(28-44(43)69(97)98)80-61(87)34-59(67(80)94)103-36-40(68(95)96)27-56(85)52(31-63(90)91)78-66(93)49(74)35-76-65(92)39(24-37-12-4-1-5-13-37)26-55(84)51(25-38-14-6-2-7-15-38)77-60(86)17-10-9-16-42(81)20-22-50(70(99)100)79-71(102)75-23-11-3-8-18-62(88)89/h1-2,4-7,12-15,19,21,28-30,32-33,39-40,49-52,59,82H,3,8-11,16-18,20,22-27,31,34-36,74H2,(H,76,92)(H,77,86)(H,78,93)(H,88,89)(H,90,91)(H,95,96)(H,97,98)(H,99,100)(H2,75,79,102)/t39-,40+,49+,50+,51+,52+,59?/m1/s1. The number of hydrogen-bond acceptors (Lipinski definition) is 19. The van der Waals surface area contributed by atoms with E-state index in [0.717, 1.165) is 42.5 Å². The molecule has 103 heavy (non-hydrogen) atoms. The molecule has 4 aromatic carbocycles. The number of thiocarbonyl (C=S) groups is 1. The van der Waals surface area contributed by atoms with E-state index in [2.05, 4.69) is 26.6 Å². The van der Waals surface area contributed by atoms with Crippen LogP contribution in [-0.4, -0.2) is 161 Å².